The van der Waals surface area contributed by atoms with E-state index in [2.05, 4.69) is 54.5 Å². The van der Waals surface area contributed by atoms with E-state index in [0.29, 0.717) is 12.3 Å². The summed E-state index contributed by atoms with van der Waals surface area (Å²) in [7, 11) is 0. The highest BCUT2D eigenvalue weighted by Gasteiger charge is 2.69. The van der Waals surface area contributed by atoms with Crippen LogP contribution in [0.4, 0.5) is 0 Å². The lowest BCUT2D eigenvalue weighted by molar-refractivity contribution is -0.368. The van der Waals surface area contributed by atoms with Crippen molar-refractivity contribution in [2.24, 2.45) is 50.2 Å². The molecule has 7 aliphatic rings. The minimum Gasteiger partial charge on any atom is -0.481 e. The van der Waals surface area contributed by atoms with E-state index in [1.54, 1.807) is 0 Å². The van der Waals surface area contributed by atoms with E-state index < -0.39 is 86.0 Å². The number of hydrogen-bond acceptors (Lipinski definition) is 12. The van der Waals surface area contributed by atoms with Crippen molar-refractivity contribution in [3.8, 4) is 0 Å². The molecule has 0 aromatic heterocycles. The molecule has 0 unspecified atom stereocenters. The highest BCUT2D eigenvalue weighted by molar-refractivity contribution is 5.76. The monoisotopic (exact) mass is 780 g/mol. The minimum atomic E-state index is -1.74. The van der Waals surface area contributed by atoms with Gasteiger partial charge in [-0.15, -0.1) is 0 Å². The standard InChI is InChI=1S/C42H68O13/c1-37(2)14-16-42(36(50)51)17-15-40(6)21(22(42)18-37)8-9-26-39(5)12-11-27(38(3,4)25(39)10-13-41(26,40)7)54-34-32(49)30(47)33(24(20-44)53-34)55-35-31(48)29(46)28(45)23(19-43)52-35/h8,22-35,43-49H,9-20H2,1-7H3,(H,50,51)/t22-,23+,24+,25-,26+,27-,28-,29-,30+,31+,32+,33-,34-,35-,39-,40+,41+,42-/m0/s1. The Morgan fingerprint density at radius 1 is 0.727 bits per heavy atom. The van der Waals surface area contributed by atoms with Gasteiger partial charge in [0.25, 0.3) is 0 Å². The molecule has 4 saturated carbocycles. The summed E-state index contributed by atoms with van der Waals surface area (Å²) in [5.41, 5.74) is 0.344. The van der Waals surface area contributed by atoms with Crippen molar-refractivity contribution in [3.05, 3.63) is 11.6 Å². The Hall–Kier alpha value is -1.23. The fourth-order valence-electron chi connectivity index (χ4n) is 13.7. The average molecular weight is 781 g/mol. The van der Waals surface area contributed by atoms with Crippen LogP contribution in [0.1, 0.15) is 113 Å². The van der Waals surface area contributed by atoms with Crippen molar-refractivity contribution in [1.29, 1.82) is 0 Å². The minimum absolute atomic E-state index is 0.00451. The molecule has 7 rings (SSSR count). The van der Waals surface area contributed by atoms with Crippen molar-refractivity contribution < 1.29 is 64.6 Å². The van der Waals surface area contributed by atoms with E-state index in [0.717, 1.165) is 57.8 Å². The van der Waals surface area contributed by atoms with E-state index >= 15 is 0 Å². The summed E-state index contributed by atoms with van der Waals surface area (Å²) in [4.78, 5) is 13.0. The summed E-state index contributed by atoms with van der Waals surface area (Å²) in [6.45, 7) is 15.1. The van der Waals surface area contributed by atoms with Gasteiger partial charge in [-0.1, -0.05) is 60.1 Å². The van der Waals surface area contributed by atoms with Crippen molar-refractivity contribution >= 4 is 5.97 Å². The van der Waals surface area contributed by atoms with Crippen LogP contribution in [0.15, 0.2) is 11.6 Å². The Labute approximate surface area is 325 Å². The third-order valence-electron chi connectivity index (χ3n) is 17.3. The fourth-order valence-corrected chi connectivity index (χ4v) is 13.7. The first-order valence-corrected chi connectivity index (χ1v) is 20.8. The predicted molar refractivity (Wildman–Crippen MR) is 198 cm³/mol. The Bertz CT molecular complexity index is 1480. The predicted octanol–water partition coefficient (Wildman–Crippen LogP) is 2.88. The highest BCUT2D eigenvalue weighted by Crippen LogP contribution is 2.76. The van der Waals surface area contributed by atoms with E-state index in [9.17, 15) is 45.6 Å². The molecule has 5 aliphatic carbocycles. The number of rotatable bonds is 7. The molecule has 13 heteroatoms. The average Bonchev–Trinajstić information content (AvgIpc) is 3.12. The summed E-state index contributed by atoms with van der Waals surface area (Å²) in [5, 5.41) is 84.2. The second-order valence-electron chi connectivity index (χ2n) is 20.7. The summed E-state index contributed by atoms with van der Waals surface area (Å²) in [6, 6.07) is 0. The van der Waals surface area contributed by atoms with Crippen molar-refractivity contribution in [2.45, 2.75) is 180 Å². The Morgan fingerprint density at radius 3 is 2.00 bits per heavy atom. The van der Waals surface area contributed by atoms with Gasteiger partial charge in [0.2, 0.25) is 0 Å². The van der Waals surface area contributed by atoms with Crippen molar-refractivity contribution in [3.63, 3.8) is 0 Å². The number of allylic oxidation sites excluding steroid dienone is 2. The molecule has 2 aliphatic heterocycles. The normalized spacial score (nSPS) is 53.2. The molecule has 6 fully saturated rings. The van der Waals surface area contributed by atoms with Gasteiger partial charge in [-0.2, -0.15) is 0 Å². The largest absolute Gasteiger partial charge is 0.481 e. The topological polar surface area (TPSA) is 216 Å². The van der Waals surface area contributed by atoms with Gasteiger partial charge < -0.3 is 59.8 Å². The Morgan fingerprint density at radius 2 is 1.35 bits per heavy atom. The third kappa shape index (κ3) is 6.23. The molecule has 0 aromatic rings. The number of carbonyl (C=O) groups is 1. The second kappa shape index (κ2) is 14.2. The number of fused-ring (bicyclic) bond motifs is 7. The molecule has 0 aromatic carbocycles. The van der Waals surface area contributed by atoms with Crippen LogP contribution in [0.25, 0.3) is 0 Å². The molecule has 2 heterocycles. The lowest BCUT2D eigenvalue weighted by Gasteiger charge is -2.71. The summed E-state index contributed by atoms with van der Waals surface area (Å²) >= 11 is 0. The smallest absolute Gasteiger partial charge is 0.310 e. The highest BCUT2D eigenvalue weighted by atomic mass is 16.7. The molecular weight excluding hydrogens is 712 g/mol. The first kappa shape index (κ1) is 41.9. The molecule has 0 radical (unpaired) electrons. The molecule has 13 nitrogen and oxygen atoms in total. The van der Waals surface area contributed by atoms with Gasteiger partial charge in [0.15, 0.2) is 12.6 Å². The van der Waals surface area contributed by atoms with Crippen molar-refractivity contribution in [1.82, 2.24) is 0 Å². The van der Waals surface area contributed by atoms with Crippen LogP contribution in [0, 0.1) is 50.2 Å². The maximum absolute atomic E-state index is 13.0. The third-order valence-corrected chi connectivity index (χ3v) is 17.3. The number of hydrogen-bond donors (Lipinski definition) is 8. The molecule has 18 atom stereocenters. The summed E-state index contributed by atoms with van der Waals surface area (Å²) < 4.78 is 23.9. The maximum atomic E-state index is 13.0. The molecule has 0 bridgehead atoms. The van der Waals surface area contributed by atoms with Crippen LogP contribution in [-0.4, -0.2) is 128 Å². The molecule has 0 amide bonds. The second-order valence-corrected chi connectivity index (χ2v) is 20.7. The first-order chi connectivity index (χ1) is 25.6. The van der Waals surface area contributed by atoms with E-state index in [1.807, 2.05) is 0 Å². The molecule has 2 saturated heterocycles. The van der Waals surface area contributed by atoms with Gasteiger partial charge >= 0.3 is 5.97 Å². The van der Waals surface area contributed by atoms with Gasteiger partial charge in [0.05, 0.1) is 24.7 Å². The van der Waals surface area contributed by atoms with Crippen LogP contribution in [0.3, 0.4) is 0 Å². The first-order valence-electron chi connectivity index (χ1n) is 20.8. The summed E-state index contributed by atoms with van der Waals surface area (Å²) in [5.74, 6) is 0.0886. The van der Waals surface area contributed by atoms with Crippen LogP contribution in [0.2, 0.25) is 0 Å². The molecule has 8 N–H and O–H groups in total. The molecule has 0 spiro atoms. The van der Waals surface area contributed by atoms with Gasteiger partial charge in [-0.3, -0.25) is 4.79 Å². The SMILES string of the molecule is CC1(C)CC[C@]2(C(=O)O)CC[C@]3(C)C(=CC[C@@H]4[C@@]5(C)CC[C@H](O[C@@H]6O[C@H](CO)[C@H](O[C@@H]7O[C@H](CO)[C@H](O)[C@H](O)[C@H]7O)[C@H](O)[C@H]6O)C(C)(C)[C@@H]5CC[C@]43C)[C@@H]2C1. The number of aliphatic hydroxyl groups is 7. The van der Waals surface area contributed by atoms with E-state index in [1.165, 1.54) is 5.57 Å². The van der Waals surface area contributed by atoms with Gasteiger partial charge in [0.1, 0.15) is 48.8 Å². The van der Waals surface area contributed by atoms with Crippen molar-refractivity contribution in [2.75, 3.05) is 13.2 Å². The number of ether oxygens (including phenoxy) is 4. The zero-order valence-electron chi connectivity index (χ0n) is 33.8. The van der Waals surface area contributed by atoms with Gasteiger partial charge in [-0.05, 0) is 109 Å². The zero-order chi connectivity index (χ0) is 40.3. The number of carboxylic acid groups (broad SMARTS) is 1. The number of carboxylic acids is 1. The Kier molecular flexibility index (Phi) is 10.8. The van der Waals surface area contributed by atoms with Crippen LogP contribution in [-0.2, 0) is 23.7 Å². The quantitative estimate of drug-likeness (QED) is 0.138. The molecular formula is C42H68O13. The van der Waals surface area contributed by atoms with E-state index in [4.69, 9.17) is 18.9 Å². The van der Waals surface area contributed by atoms with Crippen LogP contribution >= 0.6 is 0 Å². The summed E-state index contributed by atoms with van der Waals surface area (Å²) in [6.07, 6.45) is -4.17. The number of aliphatic carboxylic acids is 1. The van der Waals surface area contributed by atoms with Crippen LogP contribution in [0.5, 0.6) is 0 Å². The lowest BCUT2D eigenvalue weighted by atomic mass is 9.33. The zero-order valence-corrected chi connectivity index (χ0v) is 33.8. The maximum Gasteiger partial charge on any atom is 0.310 e. The van der Waals surface area contributed by atoms with Gasteiger partial charge in [0, 0.05) is 0 Å². The molecule has 55 heavy (non-hydrogen) atoms. The van der Waals surface area contributed by atoms with E-state index in [-0.39, 0.29) is 45.0 Å². The van der Waals surface area contributed by atoms with Crippen LogP contribution < -0.4 is 0 Å². The fraction of sp³-hybridized carbons (Fsp3) is 0.929. The Balaban J connectivity index is 1.08. The van der Waals surface area contributed by atoms with Gasteiger partial charge in [-0.25, -0.2) is 0 Å². The molecule has 314 valence electrons. The lowest BCUT2D eigenvalue weighted by Crippen LogP contribution is -2.66. The number of aliphatic hydroxyl groups excluding tert-OH is 7.